The average Bonchev–Trinajstić information content (AvgIpc) is 3.45. The van der Waals surface area contributed by atoms with Crippen molar-refractivity contribution in [1.82, 2.24) is 20.6 Å². The molecule has 0 spiro atoms. The molecule has 1 aromatic rings. The molecule has 4 saturated carbocycles. The normalized spacial score (nSPS) is 44.3. The van der Waals surface area contributed by atoms with Gasteiger partial charge in [0.25, 0.3) is 0 Å². The number of hydrogen-bond acceptors (Lipinski definition) is 6. The summed E-state index contributed by atoms with van der Waals surface area (Å²) >= 11 is 0. The minimum absolute atomic E-state index is 0. The minimum atomic E-state index is -0.182. The van der Waals surface area contributed by atoms with Crippen LogP contribution in [0.4, 0.5) is 0 Å². The first-order valence-corrected chi connectivity index (χ1v) is 13.2. The van der Waals surface area contributed by atoms with Gasteiger partial charge in [0.15, 0.2) is 5.78 Å². The van der Waals surface area contributed by atoms with Crippen LogP contribution in [-0.2, 0) is 4.74 Å². The number of ether oxygens (including phenoxy) is 1. The number of nitrogens with zero attached hydrogens (tertiary/aromatic N) is 4. The Kier molecular flexibility index (Phi) is 8.01. The molecule has 1 heterocycles. The van der Waals surface area contributed by atoms with E-state index in [0.29, 0.717) is 53.4 Å². The Labute approximate surface area is 226 Å². The van der Waals surface area contributed by atoms with Gasteiger partial charge in [0.05, 0.1) is 18.0 Å². The second-order valence-corrected chi connectivity index (χ2v) is 12.3. The monoisotopic (exact) mass is 480 g/mol. The molecule has 4 fully saturated rings. The van der Waals surface area contributed by atoms with Crippen LogP contribution in [0, 0.1) is 46.3 Å². The van der Waals surface area contributed by atoms with Crippen molar-refractivity contribution >= 4 is 5.78 Å². The second-order valence-electron chi connectivity index (χ2n) is 12.3. The zero-order valence-electron chi connectivity index (χ0n) is 21.7. The molecule has 0 radical (unpaired) electrons. The molecule has 1 N–H and O–H groups in total. The molecule has 0 aromatic carbocycles. The molecule has 8 heteroatoms. The number of aromatic nitrogens is 4. The van der Waals surface area contributed by atoms with Crippen LogP contribution in [-0.4, -0.2) is 45.7 Å². The summed E-state index contributed by atoms with van der Waals surface area (Å²) in [6, 6.07) is 0. The van der Waals surface area contributed by atoms with Crippen LogP contribution in [0.5, 0.6) is 0 Å². The van der Waals surface area contributed by atoms with E-state index in [1.807, 2.05) is 7.11 Å². The fraction of sp³-hybridized carbons (Fsp3) is 0.923. The first-order chi connectivity index (χ1) is 15.8. The summed E-state index contributed by atoms with van der Waals surface area (Å²) in [6.45, 7) is 7.35. The van der Waals surface area contributed by atoms with E-state index in [9.17, 15) is 9.90 Å². The van der Waals surface area contributed by atoms with E-state index in [0.717, 1.165) is 25.7 Å². The van der Waals surface area contributed by atoms with Gasteiger partial charge in [0.2, 0.25) is 0 Å². The van der Waals surface area contributed by atoms with Gasteiger partial charge < -0.3 is 14.9 Å². The van der Waals surface area contributed by atoms with Crippen molar-refractivity contribution in [3.05, 3.63) is 5.82 Å². The summed E-state index contributed by atoms with van der Waals surface area (Å²) in [5.74, 6) is 3.41. The number of aliphatic hydroxyl groups is 1. The van der Waals surface area contributed by atoms with Gasteiger partial charge in [0, 0.05) is 13.5 Å². The van der Waals surface area contributed by atoms with E-state index in [4.69, 9.17) is 4.74 Å². The van der Waals surface area contributed by atoms with Crippen LogP contribution in [0.25, 0.3) is 0 Å². The first kappa shape index (κ1) is 26.7. The summed E-state index contributed by atoms with van der Waals surface area (Å²) in [4.78, 5) is 12.4. The molecule has 4 aliphatic rings. The number of hydrogen-bond donors (Lipinski definition) is 1. The molecule has 0 saturated heterocycles. The third-order valence-corrected chi connectivity index (χ3v) is 11.1. The van der Waals surface area contributed by atoms with Crippen molar-refractivity contribution in [2.24, 2.45) is 46.3 Å². The van der Waals surface area contributed by atoms with Crippen LogP contribution in [0.2, 0.25) is 0 Å². The zero-order chi connectivity index (χ0) is 23.4. The van der Waals surface area contributed by atoms with E-state index < -0.39 is 0 Å². The summed E-state index contributed by atoms with van der Waals surface area (Å²) in [5, 5.41) is 25.8. The van der Waals surface area contributed by atoms with E-state index in [-0.39, 0.29) is 52.7 Å². The van der Waals surface area contributed by atoms with E-state index in [1.165, 1.54) is 32.1 Å². The van der Waals surface area contributed by atoms with Crippen LogP contribution in [0.3, 0.4) is 0 Å². The standard InChI is InChI=1S/C26H42N4O3.Na/c1-15(5-8-21(31)24-27-29-30-28-24)18-6-7-19-23-20(10-12-26(18,19)3)25(2)11-9-17(33-4)13-16(25)14-22(23)32;/h15-20,22-23,32H,5-14H2,1-4H3,(H,27,28,29,30,31);/q;+1/p-1/t15-,16+,17-,18-,19+,20+,22+,23+,25+,26-;/m1./s1. The van der Waals surface area contributed by atoms with Crippen LogP contribution >= 0.6 is 0 Å². The molecule has 34 heavy (non-hydrogen) atoms. The quantitative estimate of drug-likeness (QED) is 0.480. The van der Waals surface area contributed by atoms with Gasteiger partial charge in [-0.15, -0.1) is 0 Å². The van der Waals surface area contributed by atoms with Crippen molar-refractivity contribution < 1.29 is 44.2 Å². The van der Waals surface area contributed by atoms with Gasteiger partial charge in [-0.25, -0.2) is 0 Å². The predicted molar refractivity (Wildman–Crippen MR) is 123 cm³/mol. The fourth-order valence-corrected chi connectivity index (χ4v) is 9.30. The molecule has 1 aromatic heterocycles. The predicted octanol–water partition coefficient (Wildman–Crippen LogP) is 1.08. The SMILES string of the molecule is CO[C@@H]1CC[C@@]2(C)[C@@H](C1)C[C@H](O)[C@@H]1[C@@H]2CC[C@]2(C)[C@@H]([C@H](C)CCC(=O)c3nnn[n-]3)CC[C@@H]12.[Na+]. The van der Waals surface area contributed by atoms with Crippen LogP contribution < -0.4 is 34.7 Å². The first-order valence-electron chi connectivity index (χ1n) is 13.2. The van der Waals surface area contributed by atoms with Crippen molar-refractivity contribution in [3.8, 4) is 0 Å². The van der Waals surface area contributed by atoms with Gasteiger partial charge >= 0.3 is 29.6 Å². The molecule has 184 valence electrons. The molecule has 4 aliphatic carbocycles. The summed E-state index contributed by atoms with van der Waals surface area (Å²) in [5.41, 5.74) is 0.607. The summed E-state index contributed by atoms with van der Waals surface area (Å²) < 4.78 is 5.73. The molecular weight excluding hydrogens is 439 g/mol. The molecular formula is C26H41N4NaO3. The Balaban J connectivity index is 0.00000274. The summed E-state index contributed by atoms with van der Waals surface area (Å²) in [6.07, 6.45) is 10.9. The van der Waals surface area contributed by atoms with Crippen molar-refractivity contribution in [2.75, 3.05) is 7.11 Å². The van der Waals surface area contributed by atoms with Gasteiger partial charge in [-0.05, 0) is 104 Å². The number of Topliss-reactive ketones (excluding diaryl/α,β-unsaturated/α-hetero) is 1. The number of ketones is 1. The van der Waals surface area contributed by atoms with Gasteiger partial charge in [-0.2, -0.15) is 5.21 Å². The molecule has 0 bridgehead atoms. The van der Waals surface area contributed by atoms with Crippen molar-refractivity contribution in [2.45, 2.75) is 97.2 Å². The van der Waals surface area contributed by atoms with Gasteiger partial charge in [0.1, 0.15) is 0 Å². The number of methoxy groups -OCH3 is 1. The van der Waals surface area contributed by atoms with Crippen LogP contribution in [0.1, 0.15) is 95.6 Å². The van der Waals surface area contributed by atoms with Gasteiger partial charge in [-0.3, -0.25) is 15.1 Å². The number of rotatable bonds is 6. The Morgan fingerprint density at radius 2 is 1.88 bits per heavy atom. The Hall–Kier alpha value is -0.340. The number of carbonyl (C=O) groups excluding carboxylic acids is 1. The fourth-order valence-electron chi connectivity index (χ4n) is 9.30. The average molecular weight is 481 g/mol. The van der Waals surface area contributed by atoms with Crippen molar-refractivity contribution in [3.63, 3.8) is 0 Å². The van der Waals surface area contributed by atoms with Gasteiger partial charge in [-0.1, -0.05) is 20.8 Å². The second kappa shape index (κ2) is 10.2. The third kappa shape index (κ3) is 4.36. The molecule has 0 aliphatic heterocycles. The molecule has 7 nitrogen and oxygen atoms in total. The molecule has 5 rings (SSSR count). The molecule has 0 unspecified atom stereocenters. The van der Waals surface area contributed by atoms with Crippen LogP contribution in [0.15, 0.2) is 0 Å². The third-order valence-electron chi connectivity index (χ3n) is 11.1. The minimum Gasteiger partial charge on any atom is -0.393 e. The maximum Gasteiger partial charge on any atom is 1.00 e. The Bertz CT molecular complexity index is 853. The largest absolute Gasteiger partial charge is 1.00 e. The molecule has 0 amide bonds. The maximum absolute atomic E-state index is 12.4. The topological polar surface area (TPSA) is 99.3 Å². The van der Waals surface area contributed by atoms with Crippen molar-refractivity contribution in [1.29, 1.82) is 0 Å². The van der Waals surface area contributed by atoms with E-state index in [2.05, 4.69) is 41.4 Å². The number of tetrazole rings is 1. The maximum atomic E-state index is 12.4. The summed E-state index contributed by atoms with van der Waals surface area (Å²) in [7, 11) is 1.84. The van der Waals surface area contributed by atoms with E-state index >= 15 is 0 Å². The Morgan fingerprint density at radius 3 is 2.59 bits per heavy atom. The number of aliphatic hydroxyl groups excluding tert-OH is 1. The number of fused-ring (bicyclic) bond motifs is 5. The van der Waals surface area contributed by atoms with E-state index in [1.54, 1.807) is 0 Å². The number of carbonyl (C=O) groups is 1. The molecule has 10 atom stereocenters. The Morgan fingerprint density at radius 1 is 1.15 bits per heavy atom. The smallest absolute Gasteiger partial charge is 0.393 e. The zero-order valence-corrected chi connectivity index (χ0v) is 23.7.